The number of aromatic nitrogens is 2. The van der Waals surface area contributed by atoms with Gasteiger partial charge in [0.2, 0.25) is 0 Å². The Hall–Kier alpha value is -3.82. The number of benzene rings is 3. The van der Waals surface area contributed by atoms with Crippen LogP contribution in [0.15, 0.2) is 65.5 Å². The Morgan fingerprint density at radius 2 is 1.67 bits per heavy atom. The van der Waals surface area contributed by atoms with Crippen LogP contribution in [0.5, 0.6) is 5.75 Å². The standard InChI is InChI=1S/C26H22F5N3O2/c1-36-22-11-5-10-21-24(22)33(14-16-6-2-3-7-18(16)26(29,30)31)25(35)34(21)17-12-13-32(15-17)23-19(27)8-4-9-20(23)28/h2-11,17H,12-15H2,1H3. The Balaban J connectivity index is 1.61. The van der Waals surface area contributed by atoms with Crippen LogP contribution in [0.2, 0.25) is 0 Å². The van der Waals surface area contributed by atoms with E-state index in [9.17, 15) is 26.7 Å². The number of hydrogen-bond acceptors (Lipinski definition) is 3. The van der Waals surface area contributed by atoms with E-state index >= 15 is 0 Å². The van der Waals surface area contributed by atoms with Crippen molar-refractivity contribution in [3.05, 3.63) is 93.9 Å². The molecule has 3 aromatic carbocycles. The Labute approximate surface area is 202 Å². The maximum atomic E-state index is 14.4. The average molecular weight is 503 g/mol. The molecular formula is C26H22F5N3O2. The molecule has 0 N–H and O–H groups in total. The lowest BCUT2D eigenvalue weighted by Crippen LogP contribution is -2.30. The molecule has 4 aromatic rings. The van der Waals surface area contributed by atoms with Crippen molar-refractivity contribution in [3.8, 4) is 5.75 Å². The van der Waals surface area contributed by atoms with Gasteiger partial charge in [0.25, 0.3) is 0 Å². The SMILES string of the molecule is COc1cccc2c1n(Cc1ccccc1C(F)(F)F)c(=O)n2C1CCN(c2c(F)cccc2F)C1. The van der Waals surface area contributed by atoms with E-state index in [2.05, 4.69) is 0 Å². The number of halogens is 5. The molecule has 1 unspecified atom stereocenters. The lowest BCUT2D eigenvalue weighted by Gasteiger charge is -2.20. The number of para-hydroxylation sites is 2. The summed E-state index contributed by atoms with van der Waals surface area (Å²) < 4.78 is 77.9. The summed E-state index contributed by atoms with van der Waals surface area (Å²) in [4.78, 5) is 15.3. The van der Waals surface area contributed by atoms with Gasteiger partial charge < -0.3 is 9.64 Å². The Bertz CT molecular complexity index is 1470. The first-order valence-corrected chi connectivity index (χ1v) is 11.3. The van der Waals surface area contributed by atoms with Crippen molar-refractivity contribution in [2.24, 2.45) is 0 Å². The summed E-state index contributed by atoms with van der Waals surface area (Å²) in [5, 5.41) is 0. The van der Waals surface area contributed by atoms with Gasteiger partial charge in [-0.25, -0.2) is 13.6 Å². The highest BCUT2D eigenvalue weighted by Gasteiger charge is 2.34. The predicted molar refractivity (Wildman–Crippen MR) is 126 cm³/mol. The van der Waals surface area contributed by atoms with Crippen LogP contribution in [0.3, 0.4) is 0 Å². The molecule has 0 bridgehead atoms. The zero-order valence-corrected chi connectivity index (χ0v) is 19.2. The van der Waals surface area contributed by atoms with E-state index in [1.54, 1.807) is 23.1 Å². The lowest BCUT2D eigenvalue weighted by molar-refractivity contribution is -0.138. The maximum absolute atomic E-state index is 14.4. The van der Waals surface area contributed by atoms with E-state index in [4.69, 9.17) is 4.74 Å². The van der Waals surface area contributed by atoms with Crippen molar-refractivity contribution in [3.63, 3.8) is 0 Å². The largest absolute Gasteiger partial charge is 0.494 e. The fourth-order valence-electron chi connectivity index (χ4n) is 5.02. The maximum Gasteiger partial charge on any atom is 0.416 e. The molecule has 0 radical (unpaired) electrons. The van der Waals surface area contributed by atoms with Gasteiger partial charge in [0.1, 0.15) is 28.6 Å². The van der Waals surface area contributed by atoms with Crippen LogP contribution in [0, 0.1) is 11.6 Å². The second-order valence-corrected chi connectivity index (χ2v) is 8.68. The highest BCUT2D eigenvalue weighted by molar-refractivity contribution is 5.83. The number of nitrogens with zero attached hydrogens (tertiary/aromatic N) is 3. The van der Waals surface area contributed by atoms with Gasteiger partial charge in [-0.05, 0) is 42.3 Å². The first kappa shape index (κ1) is 23.9. The molecule has 5 rings (SSSR count). The topological polar surface area (TPSA) is 39.4 Å². The molecule has 10 heteroatoms. The smallest absolute Gasteiger partial charge is 0.416 e. The molecule has 2 heterocycles. The highest BCUT2D eigenvalue weighted by atomic mass is 19.4. The minimum absolute atomic E-state index is 0.0569. The van der Waals surface area contributed by atoms with Crippen LogP contribution < -0.4 is 15.3 Å². The van der Waals surface area contributed by atoms with Crippen molar-refractivity contribution in [2.45, 2.75) is 25.2 Å². The van der Waals surface area contributed by atoms with Gasteiger partial charge in [-0.15, -0.1) is 0 Å². The number of alkyl halides is 3. The summed E-state index contributed by atoms with van der Waals surface area (Å²) in [5.41, 5.74) is -0.726. The summed E-state index contributed by atoms with van der Waals surface area (Å²) in [5.74, 6) is -1.06. The molecule has 5 nitrogen and oxygen atoms in total. The van der Waals surface area contributed by atoms with E-state index < -0.39 is 35.1 Å². The second kappa shape index (κ2) is 9.00. The summed E-state index contributed by atoms with van der Waals surface area (Å²) >= 11 is 0. The molecule has 1 fully saturated rings. The summed E-state index contributed by atoms with van der Waals surface area (Å²) in [6.45, 7) is 0.145. The molecule has 1 atom stereocenters. The average Bonchev–Trinajstić information content (AvgIpc) is 3.41. The molecule has 1 aliphatic heterocycles. The molecule has 188 valence electrons. The normalized spacial score (nSPS) is 16.2. The molecule has 0 amide bonds. The molecule has 1 saturated heterocycles. The number of ether oxygens (including phenoxy) is 1. The van der Waals surface area contributed by atoms with Gasteiger partial charge >= 0.3 is 11.9 Å². The van der Waals surface area contributed by atoms with Crippen molar-refractivity contribution in [1.29, 1.82) is 0 Å². The number of methoxy groups -OCH3 is 1. The Morgan fingerprint density at radius 3 is 2.36 bits per heavy atom. The Morgan fingerprint density at radius 1 is 0.972 bits per heavy atom. The second-order valence-electron chi connectivity index (χ2n) is 8.68. The zero-order valence-electron chi connectivity index (χ0n) is 19.2. The van der Waals surface area contributed by atoms with Crippen LogP contribution in [-0.2, 0) is 12.7 Å². The first-order valence-electron chi connectivity index (χ1n) is 11.3. The van der Waals surface area contributed by atoms with E-state index in [0.717, 1.165) is 6.07 Å². The molecule has 0 spiro atoms. The van der Waals surface area contributed by atoms with Gasteiger partial charge in [-0.1, -0.05) is 30.3 Å². The van der Waals surface area contributed by atoms with E-state index in [1.165, 1.54) is 52.6 Å². The molecule has 36 heavy (non-hydrogen) atoms. The predicted octanol–water partition coefficient (Wildman–Crippen LogP) is 5.61. The number of fused-ring (bicyclic) bond motifs is 1. The molecular weight excluding hydrogens is 481 g/mol. The third-order valence-electron chi connectivity index (χ3n) is 6.60. The van der Waals surface area contributed by atoms with Crippen molar-refractivity contribution < 1.29 is 26.7 Å². The fourth-order valence-corrected chi connectivity index (χ4v) is 5.02. The minimum atomic E-state index is -4.58. The number of imidazole rings is 1. The van der Waals surface area contributed by atoms with Gasteiger partial charge in [-0.3, -0.25) is 9.13 Å². The first-order chi connectivity index (χ1) is 17.2. The van der Waals surface area contributed by atoms with Crippen molar-refractivity contribution in [1.82, 2.24) is 9.13 Å². The van der Waals surface area contributed by atoms with Crippen LogP contribution >= 0.6 is 0 Å². The monoisotopic (exact) mass is 503 g/mol. The van der Waals surface area contributed by atoms with Crippen molar-refractivity contribution in [2.75, 3.05) is 25.1 Å². The summed E-state index contributed by atoms with van der Waals surface area (Å²) in [6, 6.07) is 13.3. The molecule has 0 saturated carbocycles. The quantitative estimate of drug-likeness (QED) is 0.333. The van der Waals surface area contributed by atoms with Crippen molar-refractivity contribution >= 4 is 16.7 Å². The van der Waals surface area contributed by atoms with Gasteiger partial charge in [-0.2, -0.15) is 13.2 Å². The van der Waals surface area contributed by atoms with E-state index in [-0.39, 0.29) is 24.3 Å². The third kappa shape index (κ3) is 4.00. The number of anilines is 1. The van der Waals surface area contributed by atoms with E-state index in [1.807, 2.05) is 0 Å². The number of rotatable bonds is 5. The Kier molecular flexibility index (Phi) is 5.97. The highest BCUT2D eigenvalue weighted by Crippen LogP contribution is 2.35. The van der Waals surface area contributed by atoms with Gasteiger partial charge in [0.15, 0.2) is 0 Å². The summed E-state index contributed by atoms with van der Waals surface area (Å²) in [6.07, 6.45) is -4.17. The minimum Gasteiger partial charge on any atom is -0.494 e. The van der Waals surface area contributed by atoms with Gasteiger partial charge in [0, 0.05) is 13.1 Å². The fraction of sp³-hybridized carbons (Fsp3) is 0.269. The number of hydrogen-bond donors (Lipinski definition) is 0. The molecule has 1 aromatic heterocycles. The zero-order chi connectivity index (χ0) is 25.6. The van der Waals surface area contributed by atoms with Crippen LogP contribution in [0.1, 0.15) is 23.6 Å². The molecule has 0 aliphatic carbocycles. The van der Waals surface area contributed by atoms with Crippen LogP contribution in [-0.4, -0.2) is 29.3 Å². The van der Waals surface area contributed by atoms with Gasteiger partial charge in [0.05, 0.1) is 30.8 Å². The lowest BCUT2D eigenvalue weighted by atomic mass is 10.1. The molecule has 1 aliphatic rings. The van der Waals surface area contributed by atoms with Crippen LogP contribution in [0.25, 0.3) is 11.0 Å². The van der Waals surface area contributed by atoms with Crippen LogP contribution in [0.4, 0.5) is 27.6 Å². The summed E-state index contributed by atoms with van der Waals surface area (Å²) in [7, 11) is 1.42. The third-order valence-corrected chi connectivity index (χ3v) is 6.60. The van der Waals surface area contributed by atoms with E-state index in [0.29, 0.717) is 29.7 Å².